The monoisotopic (exact) mass is 410 g/mol. The Morgan fingerprint density at radius 1 is 0.870 bits per heavy atom. The Labute approximate surface area is 150 Å². The maximum absolute atomic E-state index is 12.5. The van der Waals surface area contributed by atoms with E-state index < -0.39 is 11.8 Å². The SMILES string of the molecule is O=C1C(Cl)=C(Nc2ccc(Cl)cc2)C(=O)N1c1ccc(Br)cc1. The molecule has 0 bridgehead atoms. The smallest absolute Gasteiger partial charge is 0.283 e. The Bertz CT molecular complexity index is 817. The van der Waals surface area contributed by atoms with Crippen molar-refractivity contribution in [2.24, 2.45) is 0 Å². The lowest BCUT2D eigenvalue weighted by molar-refractivity contribution is -0.120. The summed E-state index contributed by atoms with van der Waals surface area (Å²) in [6.45, 7) is 0. The van der Waals surface area contributed by atoms with Gasteiger partial charge in [0.25, 0.3) is 11.8 Å². The fourth-order valence-corrected chi connectivity index (χ4v) is 2.72. The second-order valence-electron chi connectivity index (χ2n) is 4.74. The van der Waals surface area contributed by atoms with E-state index in [1.165, 1.54) is 0 Å². The first-order valence-corrected chi connectivity index (χ1v) is 8.09. The molecular weight excluding hydrogens is 403 g/mol. The molecule has 0 radical (unpaired) electrons. The fraction of sp³-hybridized carbons (Fsp3) is 0. The summed E-state index contributed by atoms with van der Waals surface area (Å²) < 4.78 is 0.846. The highest BCUT2D eigenvalue weighted by atomic mass is 79.9. The number of rotatable bonds is 3. The minimum Gasteiger partial charge on any atom is -0.350 e. The van der Waals surface area contributed by atoms with Gasteiger partial charge in [-0.2, -0.15) is 0 Å². The quantitative estimate of drug-likeness (QED) is 0.754. The fourth-order valence-electron chi connectivity index (χ4n) is 2.11. The summed E-state index contributed by atoms with van der Waals surface area (Å²) in [7, 11) is 0. The van der Waals surface area contributed by atoms with Gasteiger partial charge in [0.2, 0.25) is 0 Å². The van der Waals surface area contributed by atoms with E-state index in [1.807, 2.05) is 0 Å². The maximum Gasteiger partial charge on any atom is 0.283 e. The van der Waals surface area contributed by atoms with Crippen LogP contribution in [0.15, 0.2) is 63.7 Å². The van der Waals surface area contributed by atoms with E-state index in [9.17, 15) is 9.59 Å². The van der Waals surface area contributed by atoms with Gasteiger partial charge in [0, 0.05) is 15.2 Å². The first-order chi connectivity index (χ1) is 11.0. The first-order valence-electron chi connectivity index (χ1n) is 6.54. The van der Waals surface area contributed by atoms with Crippen molar-refractivity contribution in [1.82, 2.24) is 0 Å². The molecule has 2 amide bonds. The number of carbonyl (C=O) groups excluding carboxylic acids is 2. The second-order valence-corrected chi connectivity index (χ2v) is 6.47. The van der Waals surface area contributed by atoms with Gasteiger partial charge in [0.05, 0.1) is 5.69 Å². The summed E-state index contributed by atoms with van der Waals surface area (Å²) >= 11 is 15.2. The first kappa shape index (κ1) is 16.1. The van der Waals surface area contributed by atoms with Crippen LogP contribution in [-0.2, 0) is 9.59 Å². The number of nitrogens with one attached hydrogen (secondary N) is 1. The van der Waals surface area contributed by atoms with Gasteiger partial charge in [0.1, 0.15) is 10.7 Å². The predicted octanol–water partition coefficient (Wildman–Crippen LogP) is 4.54. The molecule has 1 N–H and O–H groups in total. The van der Waals surface area contributed by atoms with Crippen LogP contribution in [0.5, 0.6) is 0 Å². The molecule has 0 fully saturated rings. The molecule has 4 nitrogen and oxygen atoms in total. The van der Waals surface area contributed by atoms with Crippen LogP contribution < -0.4 is 10.2 Å². The van der Waals surface area contributed by atoms with E-state index in [2.05, 4.69) is 21.2 Å². The second kappa shape index (κ2) is 6.35. The van der Waals surface area contributed by atoms with E-state index in [-0.39, 0.29) is 10.7 Å². The lowest BCUT2D eigenvalue weighted by Crippen LogP contribution is -2.32. The van der Waals surface area contributed by atoms with Gasteiger partial charge in [-0.15, -0.1) is 0 Å². The number of hydrogen-bond acceptors (Lipinski definition) is 3. The number of nitrogens with zero attached hydrogens (tertiary/aromatic N) is 1. The Morgan fingerprint density at radius 2 is 1.48 bits per heavy atom. The molecule has 0 aliphatic carbocycles. The molecule has 1 aliphatic heterocycles. The van der Waals surface area contributed by atoms with Crippen LogP contribution in [0, 0.1) is 0 Å². The van der Waals surface area contributed by atoms with E-state index in [4.69, 9.17) is 23.2 Å². The maximum atomic E-state index is 12.5. The number of imide groups is 1. The predicted molar refractivity (Wildman–Crippen MR) is 94.6 cm³/mol. The lowest BCUT2D eigenvalue weighted by atomic mass is 10.3. The van der Waals surface area contributed by atoms with Crippen molar-refractivity contribution in [3.8, 4) is 0 Å². The topological polar surface area (TPSA) is 49.4 Å². The summed E-state index contributed by atoms with van der Waals surface area (Å²) in [5.41, 5.74) is 1.11. The van der Waals surface area contributed by atoms with Gasteiger partial charge in [-0.1, -0.05) is 39.1 Å². The Morgan fingerprint density at radius 3 is 2.09 bits per heavy atom. The van der Waals surface area contributed by atoms with Crippen LogP contribution in [-0.4, -0.2) is 11.8 Å². The van der Waals surface area contributed by atoms with E-state index in [1.54, 1.807) is 48.5 Å². The van der Waals surface area contributed by atoms with Gasteiger partial charge in [-0.05, 0) is 48.5 Å². The van der Waals surface area contributed by atoms with Crippen molar-refractivity contribution in [2.45, 2.75) is 0 Å². The Kier molecular flexibility index (Phi) is 4.43. The third kappa shape index (κ3) is 3.13. The lowest BCUT2D eigenvalue weighted by Gasteiger charge is -2.15. The molecule has 0 atom stereocenters. The molecule has 23 heavy (non-hydrogen) atoms. The molecule has 3 rings (SSSR count). The van der Waals surface area contributed by atoms with Gasteiger partial charge < -0.3 is 5.32 Å². The van der Waals surface area contributed by atoms with Gasteiger partial charge in [-0.3, -0.25) is 9.59 Å². The number of carbonyl (C=O) groups is 2. The van der Waals surface area contributed by atoms with Crippen LogP contribution in [0.4, 0.5) is 11.4 Å². The standard InChI is InChI=1S/C16H9BrCl2N2O2/c17-9-1-7-12(8-2-9)21-15(22)13(19)14(16(21)23)20-11-5-3-10(18)4-6-11/h1-8,20H. The normalized spacial score (nSPS) is 14.7. The van der Waals surface area contributed by atoms with Gasteiger partial charge in [-0.25, -0.2) is 4.90 Å². The number of amides is 2. The third-order valence-corrected chi connectivity index (χ3v) is 4.36. The molecule has 0 saturated carbocycles. The van der Waals surface area contributed by atoms with Crippen molar-refractivity contribution < 1.29 is 9.59 Å². The van der Waals surface area contributed by atoms with Gasteiger partial charge in [0.15, 0.2) is 0 Å². The molecule has 0 aromatic heterocycles. The van der Waals surface area contributed by atoms with E-state index in [0.717, 1.165) is 9.37 Å². The van der Waals surface area contributed by atoms with E-state index >= 15 is 0 Å². The molecule has 0 saturated heterocycles. The largest absolute Gasteiger partial charge is 0.350 e. The van der Waals surface area contributed by atoms with Crippen molar-refractivity contribution in [3.63, 3.8) is 0 Å². The Balaban J connectivity index is 1.90. The molecule has 1 aliphatic rings. The highest BCUT2D eigenvalue weighted by molar-refractivity contribution is 9.10. The minimum absolute atomic E-state index is 0.0434. The van der Waals surface area contributed by atoms with Crippen LogP contribution in [0.3, 0.4) is 0 Å². The zero-order valence-electron chi connectivity index (χ0n) is 11.5. The summed E-state index contributed by atoms with van der Waals surface area (Å²) in [6, 6.07) is 13.5. The average molecular weight is 412 g/mol. The zero-order valence-corrected chi connectivity index (χ0v) is 14.6. The molecule has 2 aromatic rings. The van der Waals surface area contributed by atoms with Crippen LogP contribution in [0.2, 0.25) is 5.02 Å². The summed E-state index contributed by atoms with van der Waals surface area (Å²) in [5.74, 6) is -1.06. The van der Waals surface area contributed by atoms with Crippen molar-refractivity contribution in [2.75, 3.05) is 10.2 Å². The van der Waals surface area contributed by atoms with Crippen LogP contribution >= 0.6 is 39.1 Å². The minimum atomic E-state index is -0.560. The van der Waals surface area contributed by atoms with Crippen molar-refractivity contribution in [3.05, 3.63) is 68.8 Å². The molecule has 1 heterocycles. The van der Waals surface area contributed by atoms with Crippen LogP contribution in [0.25, 0.3) is 0 Å². The molecule has 7 heteroatoms. The highest BCUT2D eigenvalue weighted by Gasteiger charge is 2.38. The van der Waals surface area contributed by atoms with Crippen molar-refractivity contribution >= 4 is 62.3 Å². The molecule has 0 spiro atoms. The Hall–Kier alpha value is -1.82. The van der Waals surface area contributed by atoms with Crippen LogP contribution in [0.1, 0.15) is 0 Å². The number of benzene rings is 2. The molecule has 2 aromatic carbocycles. The summed E-state index contributed by atoms with van der Waals surface area (Å²) in [5, 5.41) is 3.30. The van der Waals surface area contributed by atoms with E-state index in [0.29, 0.717) is 16.4 Å². The highest BCUT2D eigenvalue weighted by Crippen LogP contribution is 2.30. The zero-order chi connectivity index (χ0) is 16.6. The number of anilines is 2. The number of hydrogen-bond donors (Lipinski definition) is 1. The third-order valence-electron chi connectivity index (χ3n) is 3.23. The van der Waals surface area contributed by atoms with Gasteiger partial charge >= 0.3 is 0 Å². The van der Waals surface area contributed by atoms with Crippen molar-refractivity contribution in [1.29, 1.82) is 0 Å². The molecular formula is C16H9BrCl2N2O2. The molecule has 116 valence electrons. The molecule has 0 unspecified atom stereocenters. The number of halogens is 3. The summed E-state index contributed by atoms with van der Waals surface area (Å²) in [6.07, 6.45) is 0. The average Bonchev–Trinajstić information content (AvgIpc) is 2.74. The summed E-state index contributed by atoms with van der Waals surface area (Å²) in [4.78, 5) is 25.9.